The second-order valence-electron chi connectivity index (χ2n) is 6.53. The zero-order valence-electron chi connectivity index (χ0n) is 12.1. The molecule has 2 amide bonds. The van der Waals surface area contributed by atoms with Crippen LogP contribution in [0.5, 0.6) is 0 Å². The van der Waals surface area contributed by atoms with E-state index in [4.69, 9.17) is 5.11 Å². The molecule has 3 rings (SSSR count). The van der Waals surface area contributed by atoms with E-state index in [2.05, 4.69) is 5.32 Å². The maximum absolute atomic E-state index is 12.9. The summed E-state index contributed by atoms with van der Waals surface area (Å²) in [6.07, 6.45) is 8.02. The van der Waals surface area contributed by atoms with E-state index < -0.39 is 17.4 Å². The summed E-state index contributed by atoms with van der Waals surface area (Å²) >= 11 is 0. The third-order valence-corrected chi connectivity index (χ3v) is 5.26. The van der Waals surface area contributed by atoms with Gasteiger partial charge in [0.2, 0.25) is 5.91 Å². The quantitative estimate of drug-likeness (QED) is 0.652. The number of carbonyl (C=O) groups is 3. The number of piperazine rings is 1. The average Bonchev–Trinajstić information content (AvgIpc) is 2.49. The second-order valence-corrected chi connectivity index (χ2v) is 6.53. The van der Waals surface area contributed by atoms with Gasteiger partial charge in [-0.15, -0.1) is 0 Å². The summed E-state index contributed by atoms with van der Waals surface area (Å²) in [5.41, 5.74) is -0.706. The van der Waals surface area contributed by atoms with Crippen molar-refractivity contribution in [3.8, 4) is 0 Å². The fourth-order valence-electron chi connectivity index (χ4n) is 4.25. The molecule has 0 aromatic heterocycles. The van der Waals surface area contributed by atoms with E-state index in [1.54, 1.807) is 0 Å². The lowest BCUT2D eigenvalue weighted by atomic mass is 9.74. The second kappa shape index (κ2) is 5.40. The van der Waals surface area contributed by atoms with E-state index in [1.165, 1.54) is 0 Å². The molecule has 2 atom stereocenters. The molecule has 0 bridgehead atoms. The van der Waals surface area contributed by atoms with Gasteiger partial charge in [-0.1, -0.05) is 32.1 Å². The van der Waals surface area contributed by atoms with Crippen LogP contribution in [0.4, 0.5) is 0 Å². The number of nitrogens with one attached hydrogen (secondary N) is 1. The molecule has 0 aromatic rings. The Balaban J connectivity index is 1.95. The van der Waals surface area contributed by atoms with Crippen LogP contribution >= 0.6 is 0 Å². The predicted octanol–water partition coefficient (Wildman–Crippen LogP) is 1.04. The number of hydrogen-bond acceptors (Lipinski definition) is 4. The Kier molecular flexibility index (Phi) is 3.73. The third-order valence-electron chi connectivity index (χ3n) is 5.26. The molecule has 2 unspecified atom stereocenters. The first-order valence-electron chi connectivity index (χ1n) is 7.94. The molecule has 2 saturated carbocycles. The van der Waals surface area contributed by atoms with Crippen molar-refractivity contribution in [3.63, 3.8) is 0 Å². The summed E-state index contributed by atoms with van der Waals surface area (Å²) in [6.45, 7) is 0. The summed E-state index contributed by atoms with van der Waals surface area (Å²) < 4.78 is 0. The number of amides is 2. The number of imide groups is 1. The molecule has 1 aliphatic heterocycles. The van der Waals surface area contributed by atoms with Crippen LogP contribution in [0.25, 0.3) is 0 Å². The van der Waals surface area contributed by atoms with Gasteiger partial charge in [-0.2, -0.15) is 0 Å². The summed E-state index contributed by atoms with van der Waals surface area (Å²) in [7, 11) is 0. The van der Waals surface area contributed by atoms with Crippen LogP contribution in [0.1, 0.15) is 57.8 Å². The maximum Gasteiger partial charge on any atom is 0.395 e. The molecule has 6 heteroatoms. The molecule has 6 nitrogen and oxygen atoms in total. The van der Waals surface area contributed by atoms with E-state index in [0.717, 1.165) is 43.4 Å². The van der Waals surface area contributed by atoms with Crippen LogP contribution in [-0.2, 0) is 14.4 Å². The first-order chi connectivity index (χ1) is 10.1. The van der Waals surface area contributed by atoms with E-state index in [0.29, 0.717) is 19.3 Å². The molecular formula is C15H22N2O4. The monoisotopic (exact) mass is 294 g/mol. The Morgan fingerprint density at radius 2 is 1.76 bits per heavy atom. The lowest BCUT2D eigenvalue weighted by Gasteiger charge is -2.52. The molecule has 21 heavy (non-hydrogen) atoms. The van der Waals surface area contributed by atoms with Crippen molar-refractivity contribution in [2.24, 2.45) is 0 Å². The average molecular weight is 294 g/mol. The highest BCUT2D eigenvalue weighted by Gasteiger charge is 2.54. The van der Waals surface area contributed by atoms with Gasteiger partial charge in [0, 0.05) is 6.04 Å². The molecule has 3 aliphatic rings. The van der Waals surface area contributed by atoms with Gasteiger partial charge in [-0.05, 0) is 25.7 Å². The first-order valence-corrected chi connectivity index (χ1v) is 7.94. The first kappa shape index (κ1) is 14.5. The van der Waals surface area contributed by atoms with E-state index in [-0.39, 0.29) is 18.0 Å². The lowest BCUT2D eigenvalue weighted by molar-refractivity contribution is -0.169. The van der Waals surface area contributed by atoms with Crippen molar-refractivity contribution in [3.05, 3.63) is 0 Å². The number of hydrogen-bond donors (Lipinski definition) is 2. The Hall–Kier alpha value is -1.43. The topological polar surface area (TPSA) is 86.7 Å². The minimum atomic E-state index is -1.53. The van der Waals surface area contributed by atoms with Crippen LogP contribution in [0.3, 0.4) is 0 Å². The predicted molar refractivity (Wildman–Crippen MR) is 74.5 cm³/mol. The molecule has 0 radical (unpaired) electrons. The number of fused-ring (bicyclic) bond motifs is 1. The van der Waals surface area contributed by atoms with Gasteiger partial charge in [-0.25, -0.2) is 4.79 Å². The molecule has 1 saturated heterocycles. The standard InChI is InChI=1S/C15H22N2O4/c18-12(13(19)20)17-11-7-3-2-6-10(11)16-15(14(17)21)8-4-1-5-9-15/h10-11,16H,1-9H2,(H,19,20). The van der Waals surface area contributed by atoms with Crippen molar-refractivity contribution >= 4 is 17.8 Å². The largest absolute Gasteiger partial charge is 0.474 e. The molecule has 3 fully saturated rings. The van der Waals surface area contributed by atoms with Crippen LogP contribution in [0.2, 0.25) is 0 Å². The Morgan fingerprint density at radius 1 is 1.10 bits per heavy atom. The van der Waals surface area contributed by atoms with Gasteiger partial charge in [-0.3, -0.25) is 19.8 Å². The van der Waals surface area contributed by atoms with Crippen LogP contribution in [-0.4, -0.2) is 45.4 Å². The van der Waals surface area contributed by atoms with E-state index in [9.17, 15) is 14.4 Å². The molecule has 2 N–H and O–H groups in total. The van der Waals surface area contributed by atoms with Crippen LogP contribution in [0.15, 0.2) is 0 Å². The Labute approximate surface area is 123 Å². The zero-order chi connectivity index (χ0) is 15.0. The number of nitrogens with zero attached hydrogens (tertiary/aromatic N) is 1. The van der Waals surface area contributed by atoms with Gasteiger partial charge in [0.15, 0.2) is 0 Å². The van der Waals surface area contributed by atoms with E-state index >= 15 is 0 Å². The minimum Gasteiger partial charge on any atom is -0.474 e. The normalized spacial score (nSPS) is 31.8. The molecule has 1 spiro atoms. The SMILES string of the molecule is O=C(O)C(=O)N1C(=O)C2(CCCCC2)NC2CCCCC21. The van der Waals surface area contributed by atoms with Crippen molar-refractivity contribution in [1.29, 1.82) is 0 Å². The van der Waals surface area contributed by atoms with Gasteiger partial charge in [0.1, 0.15) is 0 Å². The highest BCUT2D eigenvalue weighted by Crippen LogP contribution is 2.38. The van der Waals surface area contributed by atoms with Crippen molar-refractivity contribution in [1.82, 2.24) is 10.2 Å². The molecular weight excluding hydrogens is 272 g/mol. The van der Waals surface area contributed by atoms with Gasteiger partial charge in [0.25, 0.3) is 0 Å². The van der Waals surface area contributed by atoms with Gasteiger partial charge in [0.05, 0.1) is 11.6 Å². The summed E-state index contributed by atoms with van der Waals surface area (Å²) in [4.78, 5) is 37.2. The zero-order valence-corrected chi connectivity index (χ0v) is 12.1. The lowest BCUT2D eigenvalue weighted by Crippen LogP contribution is -2.74. The number of aliphatic carboxylic acids is 1. The summed E-state index contributed by atoms with van der Waals surface area (Å²) in [6, 6.07) is -0.236. The van der Waals surface area contributed by atoms with E-state index in [1.807, 2.05) is 0 Å². The smallest absolute Gasteiger partial charge is 0.395 e. The van der Waals surface area contributed by atoms with Crippen molar-refractivity contribution in [2.45, 2.75) is 75.4 Å². The molecule has 1 heterocycles. The van der Waals surface area contributed by atoms with Gasteiger partial charge < -0.3 is 5.11 Å². The van der Waals surface area contributed by atoms with Crippen molar-refractivity contribution < 1.29 is 19.5 Å². The number of carbonyl (C=O) groups excluding carboxylic acids is 2. The number of carboxylic acids is 1. The fraction of sp³-hybridized carbons (Fsp3) is 0.800. The highest BCUT2D eigenvalue weighted by atomic mass is 16.4. The van der Waals surface area contributed by atoms with Crippen LogP contribution in [0, 0.1) is 0 Å². The molecule has 116 valence electrons. The van der Waals surface area contributed by atoms with Crippen LogP contribution < -0.4 is 5.32 Å². The third kappa shape index (κ3) is 2.35. The molecule has 0 aromatic carbocycles. The Morgan fingerprint density at radius 3 is 2.43 bits per heavy atom. The highest BCUT2D eigenvalue weighted by molar-refractivity contribution is 6.35. The number of carboxylic acid groups (broad SMARTS) is 1. The minimum absolute atomic E-state index is 0.0536. The number of rotatable bonds is 0. The Bertz CT molecular complexity index is 470. The fourth-order valence-corrected chi connectivity index (χ4v) is 4.25. The molecule has 2 aliphatic carbocycles. The van der Waals surface area contributed by atoms with Crippen molar-refractivity contribution in [2.75, 3.05) is 0 Å². The maximum atomic E-state index is 12.9. The van der Waals surface area contributed by atoms with Gasteiger partial charge >= 0.3 is 11.9 Å². The summed E-state index contributed by atoms with van der Waals surface area (Å²) in [5.74, 6) is -2.89. The summed E-state index contributed by atoms with van der Waals surface area (Å²) in [5, 5.41) is 12.6.